The van der Waals surface area contributed by atoms with Gasteiger partial charge in [0.1, 0.15) is 0 Å². The largest absolute Gasteiger partial charge is 0.0844 e. The molecule has 0 saturated carbocycles. The van der Waals surface area contributed by atoms with Gasteiger partial charge in [0.15, 0.2) is 0 Å². The fourth-order valence-electron chi connectivity index (χ4n) is 2.15. The molecule has 14 heavy (non-hydrogen) atoms. The molecular weight excluding hydrogens is 200 g/mol. The highest BCUT2D eigenvalue weighted by atomic mass is 28.3. The van der Waals surface area contributed by atoms with E-state index in [0.29, 0.717) is 0 Å². The van der Waals surface area contributed by atoms with Gasteiger partial charge in [0.05, 0.1) is 16.1 Å². The fraction of sp³-hybridized carbons (Fsp3) is 0.667. The van der Waals surface area contributed by atoms with Gasteiger partial charge in [-0.2, -0.15) is 0 Å². The Hall–Kier alpha value is -0.0862. The Kier molecular flexibility index (Phi) is 3.27. The van der Waals surface area contributed by atoms with Crippen LogP contribution >= 0.6 is 0 Å². The highest BCUT2D eigenvalue weighted by Crippen LogP contribution is 2.32. The van der Waals surface area contributed by atoms with Gasteiger partial charge in [-0.05, 0) is 12.8 Å². The molecule has 0 nitrogen and oxygen atoms in total. The second-order valence-corrected chi connectivity index (χ2v) is 16.5. The van der Waals surface area contributed by atoms with Crippen molar-refractivity contribution >= 4 is 16.1 Å². The minimum Gasteiger partial charge on any atom is -0.0844 e. The van der Waals surface area contributed by atoms with E-state index in [2.05, 4.69) is 51.4 Å². The number of hydrogen-bond donors (Lipinski definition) is 0. The van der Waals surface area contributed by atoms with Gasteiger partial charge in [0, 0.05) is 0 Å². The van der Waals surface area contributed by atoms with Gasteiger partial charge in [-0.25, -0.2) is 0 Å². The zero-order chi connectivity index (χ0) is 11.0. The molecule has 0 amide bonds. The zero-order valence-corrected chi connectivity index (χ0v) is 12.6. The van der Waals surface area contributed by atoms with Crippen molar-refractivity contribution in [3.8, 4) is 0 Å². The van der Waals surface area contributed by atoms with Crippen molar-refractivity contribution in [2.75, 3.05) is 0 Å². The summed E-state index contributed by atoms with van der Waals surface area (Å²) in [5, 5.41) is 3.60. The molecule has 0 heterocycles. The highest BCUT2D eigenvalue weighted by molar-refractivity contribution is 6.89. The van der Waals surface area contributed by atoms with Crippen LogP contribution in [0.1, 0.15) is 12.8 Å². The molecule has 0 N–H and O–H groups in total. The third-order valence-corrected chi connectivity index (χ3v) is 7.55. The van der Waals surface area contributed by atoms with Gasteiger partial charge >= 0.3 is 0 Å². The van der Waals surface area contributed by atoms with Crippen molar-refractivity contribution in [3.63, 3.8) is 0 Å². The van der Waals surface area contributed by atoms with Crippen molar-refractivity contribution in [3.05, 3.63) is 22.5 Å². The SMILES string of the molecule is C[Si](C)(C)C1=C([Si](C)(C)C)CCC=C1. The molecule has 0 aromatic rings. The number of hydrogen-bond acceptors (Lipinski definition) is 0. The normalized spacial score (nSPS) is 19.0. The van der Waals surface area contributed by atoms with Gasteiger partial charge in [0.25, 0.3) is 0 Å². The molecule has 0 aromatic heterocycles. The van der Waals surface area contributed by atoms with E-state index in [4.69, 9.17) is 0 Å². The summed E-state index contributed by atoms with van der Waals surface area (Å²) in [6.07, 6.45) is 7.42. The first kappa shape index (κ1) is 12.0. The summed E-state index contributed by atoms with van der Waals surface area (Å²) in [6, 6.07) is 0. The maximum Gasteiger partial charge on any atom is 0.0770 e. The molecule has 1 aliphatic rings. The first-order chi connectivity index (χ1) is 6.23. The lowest BCUT2D eigenvalue weighted by molar-refractivity contribution is 0.994. The monoisotopic (exact) mass is 224 g/mol. The molecule has 0 spiro atoms. The van der Waals surface area contributed by atoms with E-state index in [1.54, 1.807) is 5.20 Å². The lowest BCUT2D eigenvalue weighted by Gasteiger charge is -2.32. The third-order valence-electron chi connectivity index (χ3n) is 2.88. The lowest BCUT2D eigenvalue weighted by Crippen LogP contribution is -2.34. The summed E-state index contributed by atoms with van der Waals surface area (Å²) in [6.45, 7) is 14.9. The predicted molar refractivity (Wildman–Crippen MR) is 72.1 cm³/mol. The van der Waals surface area contributed by atoms with E-state index < -0.39 is 16.1 Å². The molecule has 2 heteroatoms. The first-order valence-corrected chi connectivity index (χ1v) is 12.6. The topological polar surface area (TPSA) is 0 Å². The van der Waals surface area contributed by atoms with Gasteiger partial charge in [0.2, 0.25) is 0 Å². The molecule has 1 aliphatic carbocycles. The maximum absolute atomic E-state index is 2.49. The van der Waals surface area contributed by atoms with Gasteiger partial charge in [-0.3, -0.25) is 0 Å². The minimum absolute atomic E-state index is 1.07. The average molecular weight is 224 g/mol. The van der Waals surface area contributed by atoms with E-state index in [9.17, 15) is 0 Å². The molecule has 80 valence electrons. The molecule has 0 radical (unpaired) electrons. The molecule has 0 atom stereocenters. The molecule has 0 fully saturated rings. The summed E-state index contributed by atoms with van der Waals surface area (Å²) in [5.41, 5.74) is 0. The standard InChI is InChI=1S/C12H24Si2/c1-13(2,3)11-9-7-8-10-12(11)14(4,5)6/h7,9H,8,10H2,1-6H3. The van der Waals surface area contributed by atoms with E-state index in [1.165, 1.54) is 12.8 Å². The quantitative estimate of drug-likeness (QED) is 0.610. The van der Waals surface area contributed by atoms with Crippen LogP contribution in [0.15, 0.2) is 22.5 Å². The summed E-state index contributed by atoms with van der Waals surface area (Å²) < 4.78 is 0. The number of allylic oxidation sites excluding steroid dienone is 4. The molecule has 0 aromatic carbocycles. The predicted octanol–water partition coefficient (Wildman–Crippen LogP) is 4.39. The van der Waals surface area contributed by atoms with Gasteiger partial charge in [-0.15, -0.1) is 0 Å². The lowest BCUT2D eigenvalue weighted by atomic mass is 10.2. The summed E-state index contributed by atoms with van der Waals surface area (Å²) in [5.74, 6) is 0. The van der Waals surface area contributed by atoms with Gasteiger partial charge < -0.3 is 0 Å². The molecule has 0 unspecified atom stereocenters. The van der Waals surface area contributed by atoms with E-state index in [1.807, 2.05) is 5.20 Å². The van der Waals surface area contributed by atoms with Crippen LogP contribution in [0.3, 0.4) is 0 Å². The molecule has 1 rings (SSSR count). The molecule has 0 aliphatic heterocycles. The second-order valence-electron chi connectivity index (χ2n) is 6.33. The van der Waals surface area contributed by atoms with Crippen LogP contribution in [-0.2, 0) is 0 Å². The van der Waals surface area contributed by atoms with Crippen molar-refractivity contribution in [2.45, 2.75) is 52.1 Å². The summed E-state index contributed by atoms with van der Waals surface area (Å²) in [4.78, 5) is 0. The Balaban J connectivity index is 3.18. The zero-order valence-electron chi connectivity index (χ0n) is 10.6. The van der Waals surface area contributed by atoms with Crippen LogP contribution in [0.4, 0.5) is 0 Å². The maximum atomic E-state index is 2.49. The van der Waals surface area contributed by atoms with Crippen molar-refractivity contribution in [1.82, 2.24) is 0 Å². The molecule has 0 bridgehead atoms. The highest BCUT2D eigenvalue weighted by Gasteiger charge is 2.29. The summed E-state index contributed by atoms with van der Waals surface area (Å²) in [7, 11) is -2.17. The molecule has 0 saturated heterocycles. The van der Waals surface area contributed by atoms with E-state index in [0.717, 1.165) is 0 Å². The average Bonchev–Trinajstić information content (AvgIpc) is 2.01. The second kappa shape index (κ2) is 3.82. The summed E-state index contributed by atoms with van der Waals surface area (Å²) >= 11 is 0. The van der Waals surface area contributed by atoms with Crippen LogP contribution in [0.25, 0.3) is 0 Å². The van der Waals surface area contributed by atoms with Gasteiger partial charge in [-0.1, -0.05) is 61.8 Å². The number of rotatable bonds is 2. The van der Waals surface area contributed by atoms with Crippen LogP contribution in [0.5, 0.6) is 0 Å². The van der Waals surface area contributed by atoms with E-state index in [-0.39, 0.29) is 0 Å². The van der Waals surface area contributed by atoms with Crippen LogP contribution in [0.2, 0.25) is 39.3 Å². The van der Waals surface area contributed by atoms with Crippen molar-refractivity contribution < 1.29 is 0 Å². The Bertz CT molecular complexity index is 272. The Morgan fingerprint density at radius 1 is 0.929 bits per heavy atom. The van der Waals surface area contributed by atoms with Crippen molar-refractivity contribution in [1.29, 1.82) is 0 Å². The smallest absolute Gasteiger partial charge is 0.0770 e. The van der Waals surface area contributed by atoms with Crippen LogP contribution < -0.4 is 0 Å². The van der Waals surface area contributed by atoms with E-state index >= 15 is 0 Å². The van der Waals surface area contributed by atoms with Crippen molar-refractivity contribution in [2.24, 2.45) is 0 Å². The Labute approximate surface area is 91.1 Å². The first-order valence-electron chi connectivity index (χ1n) is 5.63. The minimum atomic E-state index is -1.10. The Morgan fingerprint density at radius 2 is 1.50 bits per heavy atom. The fourth-order valence-corrected chi connectivity index (χ4v) is 7.83. The van der Waals surface area contributed by atoms with Crippen LogP contribution in [0, 0.1) is 0 Å². The third kappa shape index (κ3) is 2.70. The Morgan fingerprint density at radius 3 is 1.86 bits per heavy atom. The molecular formula is C12H24Si2. The van der Waals surface area contributed by atoms with Crippen LogP contribution in [-0.4, -0.2) is 16.1 Å².